The van der Waals surface area contributed by atoms with Crippen molar-refractivity contribution in [2.24, 2.45) is 0 Å². The molecule has 1 heterocycles. The van der Waals surface area contributed by atoms with Gasteiger partial charge in [-0.2, -0.15) is 5.26 Å². The van der Waals surface area contributed by atoms with Crippen LogP contribution in [0.15, 0.2) is 69.7 Å². The summed E-state index contributed by atoms with van der Waals surface area (Å²) in [6.07, 6.45) is 0.510. The molecule has 27 heavy (non-hydrogen) atoms. The van der Waals surface area contributed by atoms with Crippen LogP contribution in [-0.4, -0.2) is 24.1 Å². The zero-order chi connectivity index (χ0) is 19.4. The Morgan fingerprint density at radius 3 is 2.48 bits per heavy atom. The van der Waals surface area contributed by atoms with E-state index in [1.807, 2.05) is 48.5 Å². The van der Waals surface area contributed by atoms with Crippen LogP contribution in [0.2, 0.25) is 0 Å². The van der Waals surface area contributed by atoms with Crippen LogP contribution in [-0.2, 0) is 16.0 Å². The van der Waals surface area contributed by atoms with Gasteiger partial charge in [0, 0.05) is 17.2 Å². The van der Waals surface area contributed by atoms with Crippen LogP contribution < -0.4 is 10.2 Å². The van der Waals surface area contributed by atoms with Gasteiger partial charge in [-0.1, -0.05) is 58.0 Å². The maximum Gasteiger partial charge on any atom is 0.264 e. The quantitative estimate of drug-likeness (QED) is 0.580. The molecule has 0 radical (unpaired) electrons. The minimum absolute atomic E-state index is 0.0574. The minimum Gasteiger partial charge on any atom is -0.354 e. The molecule has 2 amide bonds. The number of para-hydroxylation sites is 1. The molecule has 1 atom stereocenters. The van der Waals surface area contributed by atoms with Crippen molar-refractivity contribution in [3.63, 3.8) is 0 Å². The number of anilines is 1. The lowest BCUT2D eigenvalue weighted by molar-refractivity contribution is -0.117. The Labute approximate surface area is 170 Å². The van der Waals surface area contributed by atoms with Crippen LogP contribution in [0.5, 0.6) is 0 Å². The van der Waals surface area contributed by atoms with Gasteiger partial charge in [-0.3, -0.25) is 14.5 Å². The van der Waals surface area contributed by atoms with Gasteiger partial charge >= 0.3 is 0 Å². The van der Waals surface area contributed by atoms with E-state index in [2.05, 4.69) is 21.2 Å². The van der Waals surface area contributed by atoms with Crippen LogP contribution in [0.25, 0.3) is 0 Å². The normalized spacial score (nSPS) is 18.2. The lowest BCUT2D eigenvalue weighted by Gasteiger charge is -2.18. The first-order chi connectivity index (χ1) is 13.0. The third kappa shape index (κ3) is 4.07. The number of nitriles is 1. The van der Waals surface area contributed by atoms with E-state index < -0.39 is 11.2 Å². The van der Waals surface area contributed by atoms with Crippen molar-refractivity contribution in [1.82, 2.24) is 5.32 Å². The Hall–Kier alpha value is -2.56. The molecule has 0 aromatic heterocycles. The molecule has 5 nitrogen and oxygen atoms in total. The number of halogens is 1. The molecule has 0 bridgehead atoms. The summed E-state index contributed by atoms with van der Waals surface area (Å²) < 4.78 is 0.967. The number of hydrogen-bond donors (Lipinski definition) is 1. The number of carbonyl (C=O) groups excluding carboxylic acids is 2. The average Bonchev–Trinajstić information content (AvgIpc) is 3.00. The maximum atomic E-state index is 13.1. The van der Waals surface area contributed by atoms with Crippen molar-refractivity contribution in [2.75, 3.05) is 11.9 Å². The topological polar surface area (TPSA) is 73.2 Å². The largest absolute Gasteiger partial charge is 0.354 e. The van der Waals surface area contributed by atoms with Gasteiger partial charge in [0.05, 0.1) is 5.25 Å². The first-order valence-corrected chi connectivity index (χ1v) is 9.89. The van der Waals surface area contributed by atoms with Gasteiger partial charge in [0.15, 0.2) is 0 Å². The molecule has 3 rings (SSSR count). The lowest BCUT2D eigenvalue weighted by Crippen LogP contribution is -2.31. The molecule has 7 heteroatoms. The third-order valence-corrected chi connectivity index (χ3v) is 5.87. The van der Waals surface area contributed by atoms with Crippen LogP contribution in [0.1, 0.15) is 5.56 Å². The number of likely N-dealkylation sites (N-methyl/N-ethyl adjacent to an activating group) is 1. The van der Waals surface area contributed by atoms with E-state index in [1.54, 1.807) is 12.1 Å². The van der Waals surface area contributed by atoms with E-state index in [0.29, 0.717) is 17.1 Å². The number of amides is 2. The Morgan fingerprint density at radius 1 is 1.22 bits per heavy atom. The number of rotatable bonds is 4. The summed E-state index contributed by atoms with van der Waals surface area (Å²) in [7, 11) is 1.47. The second-order valence-electron chi connectivity index (χ2n) is 5.82. The number of nitrogens with one attached hydrogen (secondary N) is 1. The fourth-order valence-corrected chi connectivity index (χ4v) is 4.33. The van der Waals surface area contributed by atoms with Crippen molar-refractivity contribution in [3.8, 4) is 6.07 Å². The molecule has 1 unspecified atom stereocenters. The smallest absolute Gasteiger partial charge is 0.264 e. The molecule has 2 aromatic rings. The Morgan fingerprint density at radius 2 is 1.89 bits per heavy atom. The zero-order valence-corrected chi connectivity index (χ0v) is 16.9. The summed E-state index contributed by atoms with van der Waals surface area (Å²) in [6, 6.07) is 18.8. The van der Waals surface area contributed by atoms with Gasteiger partial charge in [-0.05, 0) is 36.2 Å². The van der Waals surface area contributed by atoms with Crippen molar-refractivity contribution in [1.29, 1.82) is 5.26 Å². The summed E-state index contributed by atoms with van der Waals surface area (Å²) in [6.45, 7) is 0. The van der Waals surface area contributed by atoms with Gasteiger partial charge in [-0.25, -0.2) is 0 Å². The number of nitrogens with zero attached hydrogens (tertiary/aromatic N) is 2. The molecular formula is C20H16BrN3O2S. The molecule has 1 saturated heterocycles. The highest BCUT2D eigenvalue weighted by Gasteiger charge is 2.40. The predicted octanol–water partition coefficient (Wildman–Crippen LogP) is 3.62. The summed E-state index contributed by atoms with van der Waals surface area (Å²) in [5.74, 6) is -0.640. The van der Waals surface area contributed by atoms with E-state index in [9.17, 15) is 14.9 Å². The van der Waals surface area contributed by atoms with Crippen molar-refractivity contribution >= 4 is 45.2 Å². The van der Waals surface area contributed by atoms with Gasteiger partial charge in [-0.15, -0.1) is 0 Å². The molecule has 1 fully saturated rings. The van der Waals surface area contributed by atoms with Crippen LogP contribution >= 0.6 is 27.7 Å². The van der Waals surface area contributed by atoms with Gasteiger partial charge in [0.25, 0.3) is 5.91 Å². The van der Waals surface area contributed by atoms with Crippen LogP contribution in [0.4, 0.5) is 5.69 Å². The molecule has 2 aromatic carbocycles. The number of benzene rings is 2. The summed E-state index contributed by atoms with van der Waals surface area (Å²) in [5, 5.41) is 12.0. The van der Waals surface area contributed by atoms with E-state index in [1.165, 1.54) is 23.7 Å². The van der Waals surface area contributed by atoms with Crippen LogP contribution in [0.3, 0.4) is 0 Å². The minimum atomic E-state index is -0.502. The highest BCUT2D eigenvalue weighted by molar-refractivity contribution is 9.10. The average molecular weight is 442 g/mol. The number of carbonyl (C=O) groups is 2. The Bertz CT molecular complexity index is 936. The maximum absolute atomic E-state index is 13.1. The van der Waals surface area contributed by atoms with E-state index in [-0.39, 0.29) is 11.5 Å². The molecular weight excluding hydrogens is 426 g/mol. The first-order valence-electron chi connectivity index (χ1n) is 8.21. The molecule has 0 saturated carbocycles. The molecule has 0 spiro atoms. The molecule has 1 aliphatic heterocycles. The predicted molar refractivity (Wildman–Crippen MR) is 110 cm³/mol. The second-order valence-corrected chi connectivity index (χ2v) is 7.92. The zero-order valence-electron chi connectivity index (χ0n) is 14.5. The van der Waals surface area contributed by atoms with Crippen molar-refractivity contribution in [3.05, 3.63) is 75.2 Å². The number of thioether (sulfide) groups is 1. The molecule has 136 valence electrons. The van der Waals surface area contributed by atoms with Gasteiger partial charge in [0.1, 0.15) is 16.7 Å². The summed E-state index contributed by atoms with van der Waals surface area (Å²) >= 11 is 4.66. The fourth-order valence-electron chi connectivity index (χ4n) is 2.76. The van der Waals surface area contributed by atoms with Crippen LogP contribution in [0, 0.1) is 11.3 Å². The van der Waals surface area contributed by atoms with Crippen molar-refractivity contribution in [2.45, 2.75) is 11.7 Å². The van der Waals surface area contributed by atoms with E-state index in [0.717, 1.165) is 10.0 Å². The highest BCUT2D eigenvalue weighted by atomic mass is 79.9. The SMILES string of the molecule is CNC(=O)/C(C#N)=C1/SC(Cc2ccc(Br)cc2)C(=O)N1c1ccccc1. The molecule has 1 N–H and O–H groups in total. The summed E-state index contributed by atoms with van der Waals surface area (Å²) in [5.41, 5.74) is 1.59. The standard InChI is InChI=1S/C20H16BrN3O2S/c1-23-18(25)16(12-22)20-24(15-5-3-2-4-6-15)19(26)17(27-20)11-13-7-9-14(21)10-8-13/h2-10,17H,11H2,1H3,(H,23,25)/b20-16+. The van der Waals surface area contributed by atoms with E-state index in [4.69, 9.17) is 0 Å². The van der Waals surface area contributed by atoms with Crippen molar-refractivity contribution < 1.29 is 9.59 Å². The highest BCUT2D eigenvalue weighted by Crippen LogP contribution is 2.41. The Balaban J connectivity index is 2.02. The summed E-state index contributed by atoms with van der Waals surface area (Å²) in [4.78, 5) is 26.8. The monoisotopic (exact) mass is 441 g/mol. The second kappa shape index (κ2) is 8.42. The van der Waals surface area contributed by atoms with E-state index >= 15 is 0 Å². The molecule has 0 aliphatic carbocycles. The first kappa shape index (κ1) is 19.2. The number of hydrogen-bond acceptors (Lipinski definition) is 4. The third-order valence-electron chi connectivity index (χ3n) is 4.08. The Kier molecular flexibility index (Phi) is 5.99. The fraction of sp³-hybridized carbons (Fsp3) is 0.150. The molecule has 1 aliphatic rings. The van der Waals surface area contributed by atoms with Gasteiger partial charge in [0.2, 0.25) is 5.91 Å². The lowest BCUT2D eigenvalue weighted by atomic mass is 10.1. The van der Waals surface area contributed by atoms with Gasteiger partial charge < -0.3 is 5.32 Å².